The second kappa shape index (κ2) is 13.9. The standard InChI is InChI=1S/C30H29N2O.C11H8N.Ir/c1-18-9-7-10-19(2)27(18)25-14-13-23-22-11-8-12-24(28(22)33-29(23)32-25)26-15-21(16-30(4,5)6)20(3)17-31-26;1-2-6-10(7-3-1)11-8-4-5-9-12-11;/h7-11,13-15,17H,16H2,1-6H3;1-6,8-9H;/q2*-1;. The van der Waals surface area contributed by atoms with E-state index in [4.69, 9.17) is 14.4 Å². The molecule has 0 atom stereocenters. The van der Waals surface area contributed by atoms with E-state index < -0.39 is 0 Å². The minimum Gasteiger partial charge on any atom is -0.486 e. The van der Waals surface area contributed by atoms with Crippen molar-refractivity contribution < 1.29 is 24.5 Å². The summed E-state index contributed by atoms with van der Waals surface area (Å²) in [6.45, 7) is 13.2. The van der Waals surface area contributed by atoms with Gasteiger partial charge in [0.25, 0.3) is 0 Å². The van der Waals surface area contributed by atoms with Crippen molar-refractivity contribution in [2.45, 2.75) is 48.0 Å². The SMILES string of the molecule is Cc1cnc(-c2[c-]ccc3c2oc2nc(-c4c(C)cccc4C)ccc23)cc1CC(C)(C)C.[Ir].[c-]1ccccc1-c1ccccn1. The second-order valence-corrected chi connectivity index (χ2v) is 12.7. The molecule has 7 aromatic rings. The molecule has 4 aromatic heterocycles. The first-order valence-electron chi connectivity index (χ1n) is 15.3. The summed E-state index contributed by atoms with van der Waals surface area (Å²) in [6, 6.07) is 36.9. The molecule has 0 aliphatic heterocycles. The molecule has 0 N–H and O–H groups in total. The Bertz CT molecular complexity index is 2040. The van der Waals surface area contributed by atoms with Gasteiger partial charge in [0.1, 0.15) is 0 Å². The van der Waals surface area contributed by atoms with Crippen LogP contribution in [0.3, 0.4) is 0 Å². The van der Waals surface area contributed by atoms with Crippen LogP contribution in [-0.4, -0.2) is 15.0 Å². The van der Waals surface area contributed by atoms with E-state index in [-0.39, 0.29) is 25.5 Å². The molecular formula is C41H37IrN3O-2. The molecule has 0 saturated carbocycles. The number of hydrogen-bond donors (Lipinski definition) is 0. The first-order valence-corrected chi connectivity index (χ1v) is 15.3. The molecule has 7 rings (SSSR count). The van der Waals surface area contributed by atoms with Crippen LogP contribution in [0.2, 0.25) is 0 Å². The van der Waals surface area contributed by atoms with Crippen LogP contribution in [-0.2, 0) is 26.5 Å². The molecule has 4 heterocycles. The number of nitrogens with zero attached hydrogens (tertiary/aromatic N) is 3. The zero-order valence-electron chi connectivity index (χ0n) is 27.1. The van der Waals surface area contributed by atoms with Crippen molar-refractivity contribution in [2.24, 2.45) is 5.41 Å². The van der Waals surface area contributed by atoms with E-state index in [9.17, 15) is 0 Å². The van der Waals surface area contributed by atoms with Gasteiger partial charge < -0.3 is 14.4 Å². The van der Waals surface area contributed by atoms with Crippen LogP contribution in [0.5, 0.6) is 0 Å². The molecule has 0 unspecified atom stereocenters. The van der Waals surface area contributed by atoms with Crippen molar-refractivity contribution in [3.63, 3.8) is 0 Å². The fourth-order valence-corrected chi connectivity index (χ4v) is 5.71. The Kier molecular flexibility index (Phi) is 9.96. The van der Waals surface area contributed by atoms with Gasteiger partial charge in [-0.2, -0.15) is 0 Å². The Balaban J connectivity index is 0.000000269. The smallest absolute Gasteiger partial charge is 0.216 e. The van der Waals surface area contributed by atoms with Gasteiger partial charge in [0, 0.05) is 43.4 Å². The van der Waals surface area contributed by atoms with Crippen molar-refractivity contribution >= 4 is 22.1 Å². The molecule has 0 amide bonds. The molecule has 0 aliphatic rings. The van der Waals surface area contributed by atoms with E-state index in [0.29, 0.717) is 5.71 Å². The topological polar surface area (TPSA) is 51.8 Å². The number of aryl methyl sites for hydroxylation is 3. The van der Waals surface area contributed by atoms with Crippen molar-refractivity contribution in [3.8, 4) is 33.8 Å². The molecule has 3 aromatic carbocycles. The van der Waals surface area contributed by atoms with E-state index in [1.54, 1.807) is 6.20 Å². The third-order valence-corrected chi connectivity index (χ3v) is 7.88. The Morgan fingerprint density at radius 3 is 2.17 bits per heavy atom. The number of furan rings is 1. The van der Waals surface area contributed by atoms with Crippen molar-refractivity contribution in [2.75, 3.05) is 0 Å². The van der Waals surface area contributed by atoms with Crippen LogP contribution in [0.15, 0.2) is 108 Å². The van der Waals surface area contributed by atoms with Gasteiger partial charge >= 0.3 is 0 Å². The summed E-state index contributed by atoms with van der Waals surface area (Å²) in [6.07, 6.45) is 4.74. The van der Waals surface area contributed by atoms with Gasteiger partial charge in [-0.15, -0.1) is 54.1 Å². The van der Waals surface area contributed by atoms with Gasteiger partial charge in [0.2, 0.25) is 5.71 Å². The average molecular weight is 780 g/mol. The van der Waals surface area contributed by atoms with E-state index in [1.807, 2.05) is 54.7 Å². The molecule has 4 nitrogen and oxygen atoms in total. The zero-order chi connectivity index (χ0) is 31.6. The van der Waals surface area contributed by atoms with Crippen LogP contribution in [0, 0.1) is 38.3 Å². The summed E-state index contributed by atoms with van der Waals surface area (Å²) in [5.74, 6) is 0. The van der Waals surface area contributed by atoms with Gasteiger partial charge in [-0.3, -0.25) is 0 Å². The maximum absolute atomic E-state index is 6.37. The van der Waals surface area contributed by atoms with E-state index in [1.165, 1.54) is 27.8 Å². The molecule has 0 aliphatic carbocycles. The summed E-state index contributed by atoms with van der Waals surface area (Å²) in [7, 11) is 0. The largest absolute Gasteiger partial charge is 0.486 e. The Morgan fingerprint density at radius 2 is 1.48 bits per heavy atom. The monoisotopic (exact) mass is 780 g/mol. The molecular weight excluding hydrogens is 743 g/mol. The molecule has 1 radical (unpaired) electrons. The molecule has 46 heavy (non-hydrogen) atoms. The average Bonchev–Trinajstić information content (AvgIpc) is 3.41. The number of hydrogen-bond acceptors (Lipinski definition) is 4. The Morgan fingerprint density at radius 1 is 0.696 bits per heavy atom. The Hall–Kier alpha value is -4.44. The van der Waals surface area contributed by atoms with Crippen LogP contribution in [0.1, 0.15) is 43.0 Å². The predicted octanol–water partition coefficient (Wildman–Crippen LogP) is 10.6. The van der Waals surface area contributed by atoms with E-state index in [2.05, 4.69) is 101 Å². The number of aromatic nitrogens is 3. The minimum atomic E-state index is 0. The van der Waals surface area contributed by atoms with Crippen molar-refractivity contribution in [1.82, 2.24) is 15.0 Å². The predicted molar refractivity (Wildman–Crippen MR) is 185 cm³/mol. The fraction of sp³-hybridized carbons (Fsp3) is 0.195. The number of fused-ring (bicyclic) bond motifs is 3. The van der Waals surface area contributed by atoms with Crippen molar-refractivity contribution in [1.29, 1.82) is 0 Å². The summed E-state index contributed by atoms with van der Waals surface area (Å²) in [5, 5.41) is 2.05. The van der Waals surface area contributed by atoms with Gasteiger partial charge in [0.05, 0.1) is 11.3 Å². The molecule has 0 fully saturated rings. The summed E-state index contributed by atoms with van der Waals surface area (Å²) < 4.78 is 6.37. The summed E-state index contributed by atoms with van der Waals surface area (Å²) >= 11 is 0. The quantitative estimate of drug-likeness (QED) is 0.167. The number of rotatable bonds is 4. The van der Waals surface area contributed by atoms with Crippen LogP contribution in [0.25, 0.3) is 55.8 Å². The van der Waals surface area contributed by atoms with Gasteiger partial charge in [-0.25, -0.2) is 4.98 Å². The third-order valence-electron chi connectivity index (χ3n) is 7.88. The molecule has 233 valence electrons. The number of benzene rings is 3. The minimum absolute atomic E-state index is 0. The molecule has 5 heteroatoms. The summed E-state index contributed by atoms with van der Waals surface area (Å²) in [4.78, 5) is 13.9. The summed E-state index contributed by atoms with van der Waals surface area (Å²) in [5.41, 5.74) is 12.5. The maximum atomic E-state index is 6.37. The number of pyridine rings is 3. The zero-order valence-corrected chi connectivity index (χ0v) is 29.5. The van der Waals surface area contributed by atoms with Gasteiger partial charge in [-0.05, 0) is 78.9 Å². The van der Waals surface area contributed by atoms with Crippen molar-refractivity contribution in [3.05, 3.63) is 138 Å². The van der Waals surface area contributed by atoms with E-state index in [0.717, 1.165) is 51.0 Å². The van der Waals surface area contributed by atoms with Crippen LogP contribution in [0.4, 0.5) is 0 Å². The van der Waals surface area contributed by atoms with Crippen LogP contribution >= 0.6 is 0 Å². The normalized spacial score (nSPS) is 11.2. The second-order valence-electron chi connectivity index (χ2n) is 12.7. The van der Waals surface area contributed by atoms with Crippen LogP contribution < -0.4 is 0 Å². The first kappa shape index (κ1) is 32.9. The molecule has 0 bridgehead atoms. The maximum Gasteiger partial charge on any atom is 0.216 e. The fourth-order valence-electron chi connectivity index (χ4n) is 5.71. The molecule has 0 saturated heterocycles. The molecule has 0 spiro atoms. The Labute approximate surface area is 285 Å². The van der Waals surface area contributed by atoms with Gasteiger partial charge in [0.15, 0.2) is 0 Å². The first-order chi connectivity index (χ1) is 21.7. The third kappa shape index (κ3) is 7.17. The van der Waals surface area contributed by atoms with E-state index >= 15 is 0 Å². The van der Waals surface area contributed by atoms with Gasteiger partial charge in [-0.1, -0.05) is 73.7 Å².